The van der Waals surface area contributed by atoms with Gasteiger partial charge in [-0.1, -0.05) is 109 Å². The smallest absolute Gasteiger partial charge is 0.164 e. The van der Waals surface area contributed by atoms with Gasteiger partial charge in [0.15, 0.2) is 17.5 Å². The number of benzene rings is 7. The lowest BCUT2D eigenvalue weighted by molar-refractivity contribution is 0.668. The highest BCUT2D eigenvalue weighted by Gasteiger charge is 2.19. The zero-order valence-electron chi connectivity index (χ0n) is 28.0. The summed E-state index contributed by atoms with van der Waals surface area (Å²) >= 11 is 0. The maximum Gasteiger partial charge on any atom is 0.164 e. The van der Waals surface area contributed by atoms with Crippen LogP contribution in [0.5, 0.6) is 0 Å². The molecule has 0 spiro atoms. The predicted molar refractivity (Wildman–Crippen MR) is 212 cm³/mol. The van der Waals surface area contributed by atoms with Gasteiger partial charge in [0.1, 0.15) is 22.3 Å². The molecule has 0 saturated heterocycles. The topological polar surface area (TPSA) is 65.0 Å². The van der Waals surface area contributed by atoms with Crippen LogP contribution >= 0.6 is 0 Å². The van der Waals surface area contributed by atoms with Gasteiger partial charge in [0.25, 0.3) is 0 Å². The van der Waals surface area contributed by atoms with Crippen molar-refractivity contribution in [1.82, 2.24) is 15.0 Å². The van der Waals surface area contributed by atoms with Gasteiger partial charge in [-0.2, -0.15) is 0 Å². The number of para-hydroxylation sites is 1. The second kappa shape index (κ2) is 11.3. The Hall–Kier alpha value is -6.85. The minimum Gasteiger partial charge on any atom is -0.456 e. The first-order chi connectivity index (χ1) is 25.7. The molecular weight excluding hydrogens is 639 g/mol. The first kappa shape index (κ1) is 28.9. The maximum atomic E-state index is 6.46. The summed E-state index contributed by atoms with van der Waals surface area (Å²) in [5.74, 6) is 1.92. The Morgan fingerprint density at radius 2 is 1.10 bits per heavy atom. The molecule has 7 aromatic carbocycles. The molecule has 5 nitrogen and oxygen atoms in total. The second-order valence-corrected chi connectivity index (χ2v) is 13.5. The van der Waals surface area contributed by atoms with Crippen molar-refractivity contribution >= 4 is 71.0 Å². The molecule has 244 valence electrons. The van der Waals surface area contributed by atoms with Gasteiger partial charge in [-0.3, -0.25) is 0 Å². The van der Waals surface area contributed by atoms with Gasteiger partial charge in [0.05, 0.1) is 0 Å². The van der Waals surface area contributed by atoms with E-state index in [1.165, 1.54) is 16.2 Å². The van der Waals surface area contributed by atoms with E-state index in [0.717, 1.165) is 89.9 Å². The van der Waals surface area contributed by atoms with Crippen LogP contribution < -0.4 is 0 Å². The summed E-state index contributed by atoms with van der Waals surface area (Å²) < 4.78 is 12.6. The van der Waals surface area contributed by atoms with Crippen molar-refractivity contribution < 1.29 is 8.83 Å². The molecule has 3 heterocycles. The van der Waals surface area contributed by atoms with Gasteiger partial charge in [0.2, 0.25) is 0 Å². The summed E-state index contributed by atoms with van der Waals surface area (Å²) in [6.45, 7) is 0. The van der Waals surface area contributed by atoms with Crippen molar-refractivity contribution in [2.45, 2.75) is 12.8 Å². The monoisotopic (exact) mass is 667 g/mol. The van der Waals surface area contributed by atoms with Crippen LogP contribution in [0.25, 0.3) is 105 Å². The first-order valence-corrected chi connectivity index (χ1v) is 17.7. The average Bonchev–Trinajstić information content (AvgIpc) is 3.78. The van der Waals surface area contributed by atoms with Crippen LogP contribution in [0.3, 0.4) is 0 Å². The Labute approximate surface area is 298 Å². The Kier molecular flexibility index (Phi) is 6.31. The van der Waals surface area contributed by atoms with Crippen molar-refractivity contribution in [3.05, 3.63) is 158 Å². The van der Waals surface area contributed by atoms with E-state index in [0.29, 0.717) is 17.5 Å². The van der Waals surface area contributed by atoms with Gasteiger partial charge < -0.3 is 8.83 Å². The maximum absolute atomic E-state index is 6.46. The highest BCUT2D eigenvalue weighted by Crippen LogP contribution is 2.40. The van der Waals surface area contributed by atoms with Crippen molar-refractivity contribution in [3.8, 4) is 33.9 Å². The zero-order valence-corrected chi connectivity index (χ0v) is 28.0. The molecule has 0 aliphatic heterocycles. The molecule has 0 bridgehead atoms. The minimum atomic E-state index is 0.614. The second-order valence-electron chi connectivity index (χ2n) is 13.5. The van der Waals surface area contributed by atoms with Crippen molar-refractivity contribution in [2.75, 3.05) is 0 Å². The normalized spacial score (nSPS) is 13.3. The molecule has 0 N–H and O–H groups in total. The van der Waals surface area contributed by atoms with E-state index >= 15 is 0 Å². The van der Waals surface area contributed by atoms with Crippen LogP contribution in [0, 0.1) is 0 Å². The first-order valence-electron chi connectivity index (χ1n) is 17.7. The fourth-order valence-electron chi connectivity index (χ4n) is 7.78. The molecular formula is C47H29N3O2. The number of nitrogens with zero attached hydrogens (tertiary/aromatic N) is 3. The summed E-state index contributed by atoms with van der Waals surface area (Å²) in [5, 5.41) is 9.02. The minimum absolute atomic E-state index is 0.614. The summed E-state index contributed by atoms with van der Waals surface area (Å²) in [4.78, 5) is 15.4. The number of rotatable bonds is 4. The molecule has 0 saturated carbocycles. The average molecular weight is 668 g/mol. The number of furan rings is 2. The van der Waals surface area contributed by atoms with Crippen LogP contribution in [0.1, 0.15) is 18.7 Å². The molecule has 0 amide bonds. The summed E-state index contributed by atoms with van der Waals surface area (Å²) in [5.41, 5.74) is 8.44. The van der Waals surface area contributed by atoms with E-state index in [1.807, 2.05) is 24.3 Å². The number of hydrogen-bond acceptors (Lipinski definition) is 5. The van der Waals surface area contributed by atoms with E-state index in [-0.39, 0.29) is 0 Å². The highest BCUT2D eigenvalue weighted by atomic mass is 16.3. The fraction of sp³-hybridized carbons (Fsp3) is 0.0426. The van der Waals surface area contributed by atoms with Crippen molar-refractivity contribution in [3.63, 3.8) is 0 Å². The molecule has 52 heavy (non-hydrogen) atoms. The third-order valence-electron chi connectivity index (χ3n) is 10.3. The van der Waals surface area contributed by atoms with E-state index in [4.69, 9.17) is 23.8 Å². The van der Waals surface area contributed by atoms with Crippen molar-refractivity contribution in [2.24, 2.45) is 0 Å². The molecule has 1 aliphatic rings. The van der Waals surface area contributed by atoms with Crippen molar-refractivity contribution in [1.29, 1.82) is 0 Å². The molecule has 0 radical (unpaired) electrons. The Morgan fingerprint density at radius 3 is 1.98 bits per heavy atom. The van der Waals surface area contributed by atoms with E-state index in [2.05, 4.69) is 127 Å². The zero-order chi connectivity index (χ0) is 34.2. The third kappa shape index (κ3) is 4.60. The Bertz CT molecular complexity index is 3140. The molecule has 11 rings (SSSR count). The summed E-state index contributed by atoms with van der Waals surface area (Å²) in [6, 6.07) is 46.5. The molecule has 3 aromatic heterocycles. The Morgan fingerprint density at radius 1 is 0.423 bits per heavy atom. The Balaban J connectivity index is 1.10. The quantitative estimate of drug-likeness (QED) is 0.175. The summed E-state index contributed by atoms with van der Waals surface area (Å²) in [6.07, 6.45) is 8.50. The molecule has 10 aromatic rings. The van der Waals surface area contributed by atoms with Gasteiger partial charge >= 0.3 is 0 Å². The van der Waals surface area contributed by atoms with Crippen LogP contribution in [-0.4, -0.2) is 15.0 Å². The molecule has 5 heteroatoms. The lowest BCUT2D eigenvalue weighted by Gasteiger charge is -2.12. The highest BCUT2D eigenvalue weighted by molar-refractivity contribution is 6.13. The number of allylic oxidation sites excluding steroid dienone is 4. The third-order valence-corrected chi connectivity index (χ3v) is 10.3. The molecule has 0 atom stereocenters. The number of aromatic nitrogens is 3. The van der Waals surface area contributed by atoms with Crippen LogP contribution in [0.4, 0.5) is 0 Å². The van der Waals surface area contributed by atoms with Gasteiger partial charge in [-0.25, -0.2) is 15.0 Å². The fourth-order valence-corrected chi connectivity index (χ4v) is 7.78. The van der Waals surface area contributed by atoms with Crippen LogP contribution in [0.15, 0.2) is 161 Å². The molecule has 0 fully saturated rings. The molecule has 1 aliphatic carbocycles. The number of hydrogen-bond donors (Lipinski definition) is 0. The van der Waals surface area contributed by atoms with Crippen LogP contribution in [-0.2, 0) is 0 Å². The lowest BCUT2D eigenvalue weighted by Crippen LogP contribution is -2.03. The largest absolute Gasteiger partial charge is 0.456 e. The molecule has 0 unspecified atom stereocenters. The van der Waals surface area contributed by atoms with Gasteiger partial charge in [0, 0.05) is 38.2 Å². The lowest BCUT2D eigenvalue weighted by atomic mass is 9.99. The van der Waals surface area contributed by atoms with Crippen LogP contribution in [0.2, 0.25) is 0 Å². The standard InChI is InChI=1S/C47H29N3O2/c1-2-10-29(11-3-1)45-48-46(33-19-22-35-32(25-33)18-17-28-9-4-5-12-34(28)35)50-47(49-45)37-14-8-16-43-44(37)39-27-31(21-24-42(39)52-43)30-20-23-41-38(26-30)36-13-6-7-15-40(36)51-41/h2,4-27H,1,3H2. The van der Waals surface area contributed by atoms with E-state index in [1.54, 1.807) is 0 Å². The van der Waals surface area contributed by atoms with Gasteiger partial charge in [-0.15, -0.1) is 0 Å². The van der Waals surface area contributed by atoms with E-state index < -0.39 is 0 Å². The number of fused-ring (bicyclic) bond motifs is 9. The predicted octanol–water partition coefficient (Wildman–Crippen LogP) is 12.7. The summed E-state index contributed by atoms with van der Waals surface area (Å²) in [7, 11) is 0. The van der Waals surface area contributed by atoms with Gasteiger partial charge in [-0.05, 0) is 88.0 Å². The SMILES string of the molecule is C1=CC(c2nc(-c3ccc4c(ccc5ccccc54)c3)nc(-c3cccc4oc5ccc(-c6ccc7oc8ccccc8c7c6)cc5c34)n2)=CCC1. The van der Waals surface area contributed by atoms with E-state index in [9.17, 15) is 0 Å².